The molecule has 1 atom stereocenters. The van der Waals surface area contributed by atoms with Crippen LogP contribution in [0.25, 0.3) is 0 Å². The van der Waals surface area contributed by atoms with Crippen LogP contribution in [0.2, 0.25) is 0 Å². The summed E-state index contributed by atoms with van der Waals surface area (Å²) in [5, 5.41) is 20.1. The van der Waals surface area contributed by atoms with Crippen LogP contribution in [-0.2, 0) is 19.6 Å². The molecular formula is C11H14N2O7S. The van der Waals surface area contributed by atoms with E-state index < -0.39 is 33.6 Å². The van der Waals surface area contributed by atoms with E-state index in [1.807, 2.05) is 4.72 Å². The van der Waals surface area contributed by atoms with E-state index in [1.54, 1.807) is 0 Å². The number of esters is 1. The van der Waals surface area contributed by atoms with Crippen molar-refractivity contribution >= 4 is 21.7 Å². The van der Waals surface area contributed by atoms with Gasteiger partial charge in [0.1, 0.15) is 0 Å². The van der Waals surface area contributed by atoms with E-state index in [2.05, 4.69) is 4.74 Å². The number of nitro groups is 1. The Hall–Kier alpha value is -2.04. The van der Waals surface area contributed by atoms with Crippen LogP contribution in [0.4, 0.5) is 5.69 Å². The van der Waals surface area contributed by atoms with E-state index in [4.69, 9.17) is 0 Å². The van der Waals surface area contributed by atoms with E-state index >= 15 is 0 Å². The maximum atomic E-state index is 12.0. The number of nitro benzene ring substituents is 1. The number of hydrogen-bond donors (Lipinski definition) is 2. The molecule has 0 radical (unpaired) electrons. The third-order valence-electron chi connectivity index (χ3n) is 2.68. The molecule has 0 spiro atoms. The lowest BCUT2D eigenvalue weighted by Crippen LogP contribution is -2.37. The summed E-state index contributed by atoms with van der Waals surface area (Å²) in [6, 6.07) is 3.60. The minimum absolute atomic E-state index is 0.0393. The van der Waals surface area contributed by atoms with Crippen LogP contribution in [-0.4, -0.2) is 44.2 Å². The Kier molecular flexibility index (Phi) is 5.35. The molecule has 9 nitrogen and oxygen atoms in total. The van der Waals surface area contributed by atoms with Gasteiger partial charge < -0.3 is 9.84 Å². The smallest absolute Gasteiger partial charge is 0.336 e. The number of hydrogen-bond acceptors (Lipinski definition) is 7. The molecular weight excluding hydrogens is 304 g/mol. The molecule has 0 aliphatic carbocycles. The highest BCUT2D eigenvalue weighted by atomic mass is 32.2. The Morgan fingerprint density at radius 2 is 2.14 bits per heavy atom. The van der Waals surface area contributed by atoms with Crippen molar-refractivity contribution in [2.24, 2.45) is 0 Å². The van der Waals surface area contributed by atoms with Gasteiger partial charge in [-0.2, -0.15) is 0 Å². The fraction of sp³-hybridized carbons (Fsp3) is 0.364. The van der Waals surface area contributed by atoms with E-state index in [0.717, 1.165) is 7.11 Å². The van der Waals surface area contributed by atoms with Crippen LogP contribution in [0.5, 0.6) is 0 Å². The van der Waals surface area contributed by atoms with Gasteiger partial charge in [-0.3, -0.25) is 10.1 Å². The monoisotopic (exact) mass is 318 g/mol. The zero-order valence-electron chi connectivity index (χ0n) is 11.3. The van der Waals surface area contributed by atoms with Gasteiger partial charge in [0.15, 0.2) is 6.10 Å². The molecule has 0 bridgehead atoms. The Morgan fingerprint density at radius 1 is 1.52 bits per heavy atom. The summed E-state index contributed by atoms with van der Waals surface area (Å²) >= 11 is 0. The SMILES string of the molecule is COC(=O)C(O)CNS(=O)(=O)c1cccc([N+](=O)[O-])c1C. The number of nitrogens with zero attached hydrogens (tertiary/aromatic N) is 1. The first-order valence-electron chi connectivity index (χ1n) is 5.70. The molecule has 1 rings (SSSR count). The summed E-state index contributed by atoms with van der Waals surface area (Å²) in [6.07, 6.45) is -1.66. The molecule has 0 amide bonds. The molecule has 10 heteroatoms. The number of rotatable bonds is 6. The van der Waals surface area contributed by atoms with Gasteiger partial charge in [-0.25, -0.2) is 17.9 Å². The molecule has 0 aliphatic heterocycles. The van der Waals surface area contributed by atoms with Crippen LogP contribution in [0.15, 0.2) is 23.1 Å². The van der Waals surface area contributed by atoms with Crippen molar-refractivity contribution in [2.75, 3.05) is 13.7 Å². The Morgan fingerprint density at radius 3 is 2.67 bits per heavy atom. The molecule has 2 N–H and O–H groups in total. The van der Waals surface area contributed by atoms with Crippen LogP contribution >= 0.6 is 0 Å². The second-order valence-electron chi connectivity index (χ2n) is 4.05. The second-order valence-corrected chi connectivity index (χ2v) is 5.78. The average Bonchev–Trinajstić information content (AvgIpc) is 2.43. The zero-order valence-corrected chi connectivity index (χ0v) is 12.1. The van der Waals surface area contributed by atoms with E-state index in [1.165, 1.54) is 25.1 Å². The van der Waals surface area contributed by atoms with E-state index in [-0.39, 0.29) is 16.1 Å². The van der Waals surface area contributed by atoms with Crippen LogP contribution in [0.1, 0.15) is 5.56 Å². The summed E-state index contributed by atoms with van der Waals surface area (Å²) in [5.74, 6) is -0.992. The quantitative estimate of drug-likeness (QED) is 0.418. The maximum absolute atomic E-state index is 12.0. The summed E-state index contributed by atoms with van der Waals surface area (Å²) in [4.78, 5) is 20.8. The lowest BCUT2D eigenvalue weighted by atomic mass is 10.2. The summed E-state index contributed by atoms with van der Waals surface area (Å²) < 4.78 is 30.3. The Balaban J connectivity index is 3.02. The molecule has 0 fully saturated rings. The Bertz CT molecular complexity index is 657. The molecule has 1 aromatic carbocycles. The van der Waals surface area contributed by atoms with Crippen molar-refractivity contribution in [2.45, 2.75) is 17.9 Å². The summed E-state index contributed by atoms with van der Waals surface area (Å²) in [5.41, 5.74) is -0.381. The lowest BCUT2D eigenvalue weighted by Gasteiger charge is -2.12. The van der Waals surface area contributed by atoms with Gasteiger partial charge in [-0.1, -0.05) is 6.07 Å². The zero-order chi connectivity index (χ0) is 16.2. The number of carbonyl (C=O) groups excluding carboxylic acids is 1. The standard InChI is InChI=1S/C11H14N2O7S/c1-7-8(13(16)17)4-3-5-10(7)21(18,19)12-6-9(14)11(15)20-2/h3-5,9,12,14H,6H2,1-2H3. The van der Waals surface area contributed by atoms with Crippen molar-refractivity contribution < 1.29 is 28.0 Å². The van der Waals surface area contributed by atoms with Gasteiger partial charge in [-0.15, -0.1) is 0 Å². The highest BCUT2D eigenvalue weighted by Crippen LogP contribution is 2.24. The topological polar surface area (TPSA) is 136 Å². The first-order chi connectivity index (χ1) is 9.70. The van der Waals surface area contributed by atoms with Crippen molar-refractivity contribution in [1.82, 2.24) is 4.72 Å². The molecule has 1 unspecified atom stereocenters. The maximum Gasteiger partial charge on any atom is 0.336 e. The van der Waals surface area contributed by atoms with Gasteiger partial charge in [0.05, 0.1) is 16.9 Å². The fourth-order valence-electron chi connectivity index (χ4n) is 1.58. The minimum atomic E-state index is -4.11. The van der Waals surface area contributed by atoms with Crippen molar-refractivity contribution in [1.29, 1.82) is 0 Å². The predicted octanol–water partition coefficient (Wildman–Crippen LogP) is -0.285. The summed E-state index contributed by atoms with van der Waals surface area (Å²) in [7, 11) is -3.06. The van der Waals surface area contributed by atoms with Gasteiger partial charge in [0.25, 0.3) is 5.69 Å². The van der Waals surface area contributed by atoms with Crippen molar-refractivity contribution in [3.8, 4) is 0 Å². The fourth-order valence-corrected chi connectivity index (χ4v) is 2.88. The molecule has 0 heterocycles. The highest BCUT2D eigenvalue weighted by molar-refractivity contribution is 7.89. The number of aliphatic hydroxyl groups excluding tert-OH is 1. The lowest BCUT2D eigenvalue weighted by molar-refractivity contribution is -0.385. The van der Waals surface area contributed by atoms with Crippen LogP contribution in [0.3, 0.4) is 0 Å². The third-order valence-corrected chi connectivity index (χ3v) is 4.25. The largest absolute Gasteiger partial charge is 0.467 e. The van der Waals surface area contributed by atoms with Crippen molar-refractivity contribution in [3.63, 3.8) is 0 Å². The third kappa shape index (κ3) is 3.97. The number of nitrogens with one attached hydrogen (secondary N) is 1. The molecule has 0 saturated heterocycles. The normalized spacial score (nSPS) is 12.7. The predicted molar refractivity (Wildman–Crippen MR) is 71.0 cm³/mol. The molecule has 0 aromatic heterocycles. The number of methoxy groups -OCH3 is 1. The molecule has 1 aromatic rings. The number of ether oxygens (including phenoxy) is 1. The Labute approximate surface area is 120 Å². The number of aliphatic hydroxyl groups is 1. The first-order valence-corrected chi connectivity index (χ1v) is 7.18. The minimum Gasteiger partial charge on any atom is -0.467 e. The average molecular weight is 318 g/mol. The molecule has 0 saturated carbocycles. The van der Waals surface area contributed by atoms with E-state index in [9.17, 15) is 28.4 Å². The highest BCUT2D eigenvalue weighted by Gasteiger charge is 2.25. The van der Waals surface area contributed by atoms with Gasteiger partial charge in [-0.05, 0) is 13.0 Å². The second kappa shape index (κ2) is 6.61. The van der Waals surface area contributed by atoms with Gasteiger partial charge in [0, 0.05) is 18.2 Å². The molecule has 0 aliphatic rings. The van der Waals surface area contributed by atoms with Crippen LogP contribution in [0, 0.1) is 17.0 Å². The van der Waals surface area contributed by atoms with Crippen molar-refractivity contribution in [3.05, 3.63) is 33.9 Å². The molecule has 21 heavy (non-hydrogen) atoms. The van der Waals surface area contributed by atoms with E-state index in [0.29, 0.717) is 0 Å². The molecule has 116 valence electrons. The first kappa shape index (κ1) is 17.0. The van der Waals surface area contributed by atoms with Crippen LogP contribution < -0.4 is 4.72 Å². The number of sulfonamides is 1. The van der Waals surface area contributed by atoms with Gasteiger partial charge in [0.2, 0.25) is 10.0 Å². The summed E-state index contributed by atoms with van der Waals surface area (Å²) in [6.45, 7) is 0.695. The number of benzene rings is 1. The van der Waals surface area contributed by atoms with Gasteiger partial charge >= 0.3 is 5.97 Å². The number of carbonyl (C=O) groups is 1.